The number of phenols is 1. The molecule has 0 spiro atoms. The third-order valence-corrected chi connectivity index (χ3v) is 5.32. The van der Waals surface area contributed by atoms with Crippen molar-refractivity contribution in [2.75, 3.05) is 26.2 Å². The van der Waals surface area contributed by atoms with Crippen molar-refractivity contribution in [3.63, 3.8) is 0 Å². The first-order valence-electron chi connectivity index (χ1n) is 9.54. The molecule has 1 aliphatic heterocycles. The monoisotopic (exact) mass is 367 g/mol. The van der Waals surface area contributed by atoms with Crippen LogP contribution in [0.25, 0.3) is 0 Å². The van der Waals surface area contributed by atoms with Gasteiger partial charge in [0.1, 0.15) is 5.75 Å². The molecule has 0 radical (unpaired) electrons. The Morgan fingerprint density at radius 1 is 1.07 bits per heavy atom. The average Bonchev–Trinajstić information content (AvgIpc) is 2.62. The summed E-state index contributed by atoms with van der Waals surface area (Å²) in [6.07, 6.45) is 0.297. The normalized spacial score (nSPS) is 16.3. The molecule has 5 heteroatoms. The number of hydrogen-bond donors (Lipinski definition) is 2. The second-order valence-electron chi connectivity index (χ2n) is 7.45. The van der Waals surface area contributed by atoms with E-state index < -0.39 is 0 Å². The summed E-state index contributed by atoms with van der Waals surface area (Å²) < 4.78 is 0. The van der Waals surface area contributed by atoms with Gasteiger partial charge in [-0.1, -0.05) is 30.3 Å². The standard InChI is InChI=1S/C22H29N3O2/c1-16-12-19(26)13-17(2)22(16)20(23)14-21(27)25-10-8-24(9-11-25)15-18-6-4-3-5-7-18/h3-7,12-13,20,26H,8-11,14-15,23H2,1-2H3. The van der Waals surface area contributed by atoms with Crippen LogP contribution < -0.4 is 5.73 Å². The summed E-state index contributed by atoms with van der Waals surface area (Å²) in [4.78, 5) is 17.0. The molecule has 5 nitrogen and oxygen atoms in total. The van der Waals surface area contributed by atoms with Gasteiger partial charge < -0.3 is 15.7 Å². The second-order valence-corrected chi connectivity index (χ2v) is 7.45. The Bertz CT molecular complexity index is 760. The van der Waals surface area contributed by atoms with Crippen molar-refractivity contribution in [2.24, 2.45) is 5.73 Å². The van der Waals surface area contributed by atoms with Crippen molar-refractivity contribution in [3.05, 3.63) is 64.7 Å². The van der Waals surface area contributed by atoms with Gasteiger partial charge in [-0.2, -0.15) is 0 Å². The number of nitrogens with two attached hydrogens (primary N) is 1. The largest absolute Gasteiger partial charge is 0.508 e. The summed E-state index contributed by atoms with van der Waals surface area (Å²) in [6.45, 7) is 8.02. The van der Waals surface area contributed by atoms with Gasteiger partial charge in [0.2, 0.25) is 5.91 Å². The molecule has 2 aromatic rings. The van der Waals surface area contributed by atoms with Crippen LogP contribution in [0.4, 0.5) is 0 Å². The lowest BCUT2D eigenvalue weighted by Gasteiger charge is -2.35. The summed E-state index contributed by atoms with van der Waals surface area (Å²) >= 11 is 0. The number of nitrogens with zero attached hydrogens (tertiary/aromatic N) is 2. The second kappa shape index (κ2) is 8.55. The summed E-state index contributed by atoms with van der Waals surface area (Å²) in [5, 5.41) is 9.70. The molecule has 1 atom stereocenters. The van der Waals surface area contributed by atoms with Crippen LogP contribution in [0.15, 0.2) is 42.5 Å². The van der Waals surface area contributed by atoms with Crippen molar-refractivity contribution < 1.29 is 9.90 Å². The summed E-state index contributed by atoms with van der Waals surface area (Å²) in [7, 11) is 0. The van der Waals surface area contributed by atoms with Crippen molar-refractivity contribution in [3.8, 4) is 5.75 Å². The minimum atomic E-state index is -0.347. The number of carbonyl (C=O) groups is 1. The summed E-state index contributed by atoms with van der Waals surface area (Å²) in [6, 6.07) is 13.5. The van der Waals surface area contributed by atoms with E-state index in [1.165, 1.54) is 5.56 Å². The van der Waals surface area contributed by atoms with Crippen LogP contribution in [0.3, 0.4) is 0 Å². The predicted octanol–water partition coefficient (Wildman–Crippen LogP) is 2.74. The topological polar surface area (TPSA) is 69.8 Å². The Labute approximate surface area is 161 Å². The number of carbonyl (C=O) groups excluding carboxylic acids is 1. The molecule has 0 aliphatic carbocycles. The molecule has 1 saturated heterocycles. The number of amides is 1. The first-order valence-corrected chi connectivity index (χ1v) is 9.54. The fraction of sp³-hybridized carbons (Fsp3) is 0.409. The van der Waals surface area contributed by atoms with Crippen LogP contribution in [-0.2, 0) is 11.3 Å². The van der Waals surface area contributed by atoms with Crippen LogP contribution in [0.1, 0.15) is 34.7 Å². The molecule has 1 aliphatic rings. The Balaban J connectivity index is 1.54. The highest BCUT2D eigenvalue weighted by Gasteiger charge is 2.24. The highest BCUT2D eigenvalue weighted by molar-refractivity contribution is 5.77. The van der Waals surface area contributed by atoms with E-state index in [0.29, 0.717) is 6.42 Å². The summed E-state index contributed by atoms with van der Waals surface area (Å²) in [5.41, 5.74) is 10.5. The molecule has 1 fully saturated rings. The van der Waals surface area contributed by atoms with Crippen molar-refractivity contribution in [1.29, 1.82) is 0 Å². The molecule has 1 amide bonds. The lowest BCUT2D eigenvalue weighted by molar-refractivity contribution is -0.133. The van der Waals surface area contributed by atoms with Crippen LogP contribution >= 0.6 is 0 Å². The minimum absolute atomic E-state index is 0.105. The molecule has 3 rings (SSSR count). The van der Waals surface area contributed by atoms with E-state index in [9.17, 15) is 9.90 Å². The fourth-order valence-electron chi connectivity index (χ4n) is 3.95. The van der Waals surface area contributed by atoms with E-state index >= 15 is 0 Å². The molecular weight excluding hydrogens is 338 g/mol. The highest BCUT2D eigenvalue weighted by atomic mass is 16.3. The van der Waals surface area contributed by atoms with Gasteiger partial charge in [-0.3, -0.25) is 9.69 Å². The fourth-order valence-corrected chi connectivity index (χ4v) is 3.95. The molecular formula is C22H29N3O2. The minimum Gasteiger partial charge on any atom is -0.508 e. The van der Waals surface area contributed by atoms with Crippen LogP contribution in [0.5, 0.6) is 5.75 Å². The van der Waals surface area contributed by atoms with E-state index in [1.54, 1.807) is 12.1 Å². The molecule has 1 heterocycles. The van der Waals surface area contributed by atoms with Crippen LogP contribution in [-0.4, -0.2) is 47.0 Å². The van der Waals surface area contributed by atoms with Gasteiger partial charge in [0.15, 0.2) is 0 Å². The first-order chi connectivity index (χ1) is 12.9. The summed E-state index contributed by atoms with van der Waals surface area (Å²) in [5.74, 6) is 0.343. The van der Waals surface area contributed by atoms with Gasteiger partial charge in [0.25, 0.3) is 0 Å². The molecule has 27 heavy (non-hydrogen) atoms. The van der Waals surface area contributed by atoms with E-state index in [0.717, 1.165) is 49.4 Å². The Morgan fingerprint density at radius 2 is 1.67 bits per heavy atom. The molecule has 1 unspecified atom stereocenters. The van der Waals surface area contributed by atoms with Crippen molar-refractivity contribution in [2.45, 2.75) is 32.9 Å². The van der Waals surface area contributed by atoms with Gasteiger partial charge in [-0.05, 0) is 48.2 Å². The van der Waals surface area contributed by atoms with Crippen LogP contribution in [0.2, 0.25) is 0 Å². The Morgan fingerprint density at radius 3 is 2.26 bits per heavy atom. The number of rotatable bonds is 5. The molecule has 2 aromatic carbocycles. The maximum Gasteiger partial charge on any atom is 0.224 e. The molecule has 0 aromatic heterocycles. The maximum atomic E-state index is 12.7. The predicted molar refractivity (Wildman–Crippen MR) is 107 cm³/mol. The number of piperazine rings is 1. The maximum absolute atomic E-state index is 12.7. The number of aromatic hydroxyl groups is 1. The molecule has 0 bridgehead atoms. The van der Waals surface area contributed by atoms with Gasteiger partial charge in [0, 0.05) is 45.2 Å². The van der Waals surface area contributed by atoms with Gasteiger partial charge in [0.05, 0.1) is 0 Å². The zero-order valence-electron chi connectivity index (χ0n) is 16.2. The van der Waals surface area contributed by atoms with Gasteiger partial charge in [-0.25, -0.2) is 0 Å². The van der Waals surface area contributed by atoms with Crippen molar-refractivity contribution in [1.82, 2.24) is 9.80 Å². The van der Waals surface area contributed by atoms with Gasteiger partial charge in [-0.15, -0.1) is 0 Å². The van der Waals surface area contributed by atoms with E-state index in [-0.39, 0.29) is 17.7 Å². The molecule has 3 N–H and O–H groups in total. The third-order valence-electron chi connectivity index (χ3n) is 5.32. The lowest BCUT2D eigenvalue weighted by atomic mass is 9.94. The molecule has 0 saturated carbocycles. The van der Waals surface area contributed by atoms with Crippen molar-refractivity contribution >= 4 is 5.91 Å². The zero-order valence-corrected chi connectivity index (χ0v) is 16.2. The molecule has 144 valence electrons. The highest BCUT2D eigenvalue weighted by Crippen LogP contribution is 2.27. The Kier molecular flexibility index (Phi) is 6.14. The van der Waals surface area contributed by atoms with E-state index in [4.69, 9.17) is 5.73 Å². The number of benzene rings is 2. The smallest absolute Gasteiger partial charge is 0.224 e. The van der Waals surface area contributed by atoms with Crippen LogP contribution in [0, 0.1) is 13.8 Å². The zero-order chi connectivity index (χ0) is 19.4. The number of hydrogen-bond acceptors (Lipinski definition) is 4. The quantitative estimate of drug-likeness (QED) is 0.853. The third kappa shape index (κ3) is 4.87. The number of phenolic OH excluding ortho intramolecular Hbond substituents is 1. The van der Waals surface area contributed by atoms with E-state index in [2.05, 4.69) is 29.2 Å². The Hall–Kier alpha value is -2.37. The number of aryl methyl sites for hydroxylation is 2. The van der Waals surface area contributed by atoms with E-state index in [1.807, 2.05) is 24.8 Å². The average molecular weight is 367 g/mol. The first kappa shape index (κ1) is 19.4. The lowest BCUT2D eigenvalue weighted by Crippen LogP contribution is -2.48. The van der Waals surface area contributed by atoms with Gasteiger partial charge >= 0.3 is 0 Å². The SMILES string of the molecule is Cc1cc(O)cc(C)c1C(N)CC(=O)N1CCN(Cc2ccccc2)CC1.